The molecule has 3 nitrogen and oxygen atoms in total. The molecule has 0 radical (unpaired) electrons. The second-order valence-corrected chi connectivity index (χ2v) is 4.66. The number of nitrogens with two attached hydrogens (primary N) is 1. The molecule has 19 heavy (non-hydrogen) atoms. The van der Waals surface area contributed by atoms with Gasteiger partial charge in [0, 0.05) is 17.9 Å². The van der Waals surface area contributed by atoms with Crippen LogP contribution in [0, 0.1) is 13.8 Å². The summed E-state index contributed by atoms with van der Waals surface area (Å²) >= 11 is 0. The molecule has 100 valence electrons. The minimum atomic E-state index is 0.622. The third kappa shape index (κ3) is 3.91. The van der Waals surface area contributed by atoms with Crippen molar-refractivity contribution in [1.29, 1.82) is 0 Å². The Labute approximate surface area is 114 Å². The monoisotopic (exact) mass is 256 g/mol. The molecule has 3 heteroatoms. The molecule has 2 aromatic carbocycles. The Morgan fingerprint density at radius 2 is 1.79 bits per heavy atom. The normalized spacial score (nSPS) is 10.2. The van der Waals surface area contributed by atoms with Gasteiger partial charge in [0.15, 0.2) is 0 Å². The van der Waals surface area contributed by atoms with Crippen LogP contribution >= 0.6 is 0 Å². The maximum Gasteiger partial charge on any atom is 0.119 e. The van der Waals surface area contributed by atoms with Crippen LogP contribution < -0.4 is 15.8 Å². The van der Waals surface area contributed by atoms with Crippen LogP contribution in [-0.4, -0.2) is 13.2 Å². The van der Waals surface area contributed by atoms with Gasteiger partial charge in [-0.3, -0.25) is 0 Å². The summed E-state index contributed by atoms with van der Waals surface area (Å²) in [7, 11) is 0. The predicted molar refractivity (Wildman–Crippen MR) is 80.8 cm³/mol. The number of hydrogen-bond donors (Lipinski definition) is 2. The van der Waals surface area contributed by atoms with E-state index < -0.39 is 0 Å². The predicted octanol–water partition coefficient (Wildman–Crippen LogP) is 3.38. The van der Waals surface area contributed by atoms with Gasteiger partial charge in [0.2, 0.25) is 0 Å². The van der Waals surface area contributed by atoms with Crippen LogP contribution in [0.2, 0.25) is 0 Å². The minimum absolute atomic E-state index is 0.622. The number of aryl methyl sites for hydroxylation is 2. The lowest BCUT2D eigenvalue weighted by atomic mass is 10.1. The Kier molecular flexibility index (Phi) is 4.29. The van der Waals surface area contributed by atoms with Crippen molar-refractivity contribution in [1.82, 2.24) is 0 Å². The van der Waals surface area contributed by atoms with E-state index in [0.717, 1.165) is 23.7 Å². The van der Waals surface area contributed by atoms with Crippen LogP contribution in [0.4, 0.5) is 11.4 Å². The van der Waals surface area contributed by atoms with Gasteiger partial charge in [-0.05, 0) is 49.7 Å². The number of nitrogen functional groups attached to an aromatic ring is 1. The quantitative estimate of drug-likeness (QED) is 0.637. The molecule has 0 fully saturated rings. The summed E-state index contributed by atoms with van der Waals surface area (Å²) < 4.78 is 5.63. The number of hydrogen-bond acceptors (Lipinski definition) is 3. The van der Waals surface area contributed by atoms with Gasteiger partial charge in [0.25, 0.3) is 0 Å². The summed E-state index contributed by atoms with van der Waals surface area (Å²) in [5.74, 6) is 0.844. The van der Waals surface area contributed by atoms with Gasteiger partial charge in [0.05, 0.1) is 0 Å². The van der Waals surface area contributed by atoms with Gasteiger partial charge in [-0.15, -0.1) is 0 Å². The van der Waals surface area contributed by atoms with Crippen LogP contribution in [0.15, 0.2) is 42.5 Å². The highest BCUT2D eigenvalue weighted by atomic mass is 16.5. The van der Waals surface area contributed by atoms with Gasteiger partial charge in [-0.2, -0.15) is 0 Å². The molecular weight excluding hydrogens is 236 g/mol. The highest BCUT2D eigenvalue weighted by Gasteiger charge is 1.98. The van der Waals surface area contributed by atoms with E-state index in [1.807, 2.05) is 24.3 Å². The molecule has 0 unspecified atom stereocenters. The molecule has 2 rings (SSSR count). The second-order valence-electron chi connectivity index (χ2n) is 4.66. The summed E-state index contributed by atoms with van der Waals surface area (Å²) in [6.45, 7) is 5.60. The Hall–Kier alpha value is -2.16. The first-order valence-electron chi connectivity index (χ1n) is 6.44. The fourth-order valence-electron chi connectivity index (χ4n) is 1.93. The van der Waals surface area contributed by atoms with Crippen LogP contribution in [0.3, 0.4) is 0 Å². The van der Waals surface area contributed by atoms with E-state index >= 15 is 0 Å². The van der Waals surface area contributed by atoms with E-state index in [-0.39, 0.29) is 0 Å². The van der Waals surface area contributed by atoms with Crippen molar-refractivity contribution in [3.63, 3.8) is 0 Å². The molecule has 0 bridgehead atoms. The first-order chi connectivity index (χ1) is 9.15. The lowest BCUT2D eigenvalue weighted by Gasteiger charge is -2.11. The van der Waals surface area contributed by atoms with E-state index in [0.29, 0.717) is 6.61 Å². The third-order valence-corrected chi connectivity index (χ3v) is 2.95. The molecule has 0 saturated heterocycles. The van der Waals surface area contributed by atoms with Gasteiger partial charge in [-0.25, -0.2) is 0 Å². The SMILES string of the molecule is Cc1ccc(NCCOc2ccc(N)cc2)c(C)c1. The van der Waals surface area contributed by atoms with E-state index in [2.05, 4.69) is 37.4 Å². The van der Waals surface area contributed by atoms with Crippen molar-refractivity contribution in [3.8, 4) is 5.75 Å². The van der Waals surface area contributed by atoms with Gasteiger partial charge < -0.3 is 15.8 Å². The first kappa shape index (κ1) is 13.3. The molecule has 0 aliphatic heterocycles. The van der Waals surface area contributed by atoms with Crippen molar-refractivity contribution in [2.75, 3.05) is 24.2 Å². The average molecular weight is 256 g/mol. The summed E-state index contributed by atoms with van der Waals surface area (Å²) in [6, 6.07) is 13.8. The average Bonchev–Trinajstić information content (AvgIpc) is 2.39. The summed E-state index contributed by atoms with van der Waals surface area (Å²) in [5, 5.41) is 3.37. The third-order valence-electron chi connectivity index (χ3n) is 2.95. The van der Waals surface area contributed by atoms with Gasteiger partial charge in [-0.1, -0.05) is 17.7 Å². The van der Waals surface area contributed by atoms with Crippen molar-refractivity contribution in [2.45, 2.75) is 13.8 Å². The molecule has 0 aliphatic carbocycles. The Morgan fingerprint density at radius 3 is 2.47 bits per heavy atom. The van der Waals surface area contributed by atoms with Crippen molar-refractivity contribution in [3.05, 3.63) is 53.6 Å². The van der Waals surface area contributed by atoms with Gasteiger partial charge >= 0.3 is 0 Å². The fourth-order valence-corrected chi connectivity index (χ4v) is 1.93. The molecule has 0 amide bonds. The first-order valence-corrected chi connectivity index (χ1v) is 6.44. The zero-order valence-electron chi connectivity index (χ0n) is 11.4. The lowest BCUT2D eigenvalue weighted by molar-refractivity contribution is 0.333. The van der Waals surface area contributed by atoms with E-state index in [1.165, 1.54) is 11.1 Å². The van der Waals surface area contributed by atoms with Crippen molar-refractivity contribution < 1.29 is 4.74 Å². The van der Waals surface area contributed by atoms with Crippen LogP contribution in [0.25, 0.3) is 0 Å². The summed E-state index contributed by atoms with van der Waals surface area (Å²) in [4.78, 5) is 0. The van der Waals surface area contributed by atoms with E-state index in [4.69, 9.17) is 10.5 Å². The number of rotatable bonds is 5. The lowest BCUT2D eigenvalue weighted by Crippen LogP contribution is -2.12. The standard InChI is InChI=1S/C16H20N2O/c1-12-3-8-16(13(2)11-12)18-9-10-19-15-6-4-14(17)5-7-15/h3-8,11,18H,9-10,17H2,1-2H3. The maximum absolute atomic E-state index is 5.63. The summed E-state index contributed by atoms with van der Waals surface area (Å²) in [5.41, 5.74) is 10.1. The minimum Gasteiger partial charge on any atom is -0.492 e. The van der Waals surface area contributed by atoms with Crippen LogP contribution in [-0.2, 0) is 0 Å². The van der Waals surface area contributed by atoms with E-state index in [1.54, 1.807) is 0 Å². The highest BCUT2D eigenvalue weighted by Crippen LogP contribution is 2.16. The zero-order valence-corrected chi connectivity index (χ0v) is 11.4. The number of benzene rings is 2. The van der Waals surface area contributed by atoms with Crippen molar-refractivity contribution >= 4 is 11.4 Å². The molecular formula is C16H20N2O. The van der Waals surface area contributed by atoms with Crippen molar-refractivity contribution in [2.24, 2.45) is 0 Å². The molecule has 0 aliphatic rings. The highest BCUT2D eigenvalue weighted by molar-refractivity contribution is 5.51. The van der Waals surface area contributed by atoms with Crippen LogP contribution in [0.5, 0.6) is 5.75 Å². The molecule has 0 atom stereocenters. The maximum atomic E-state index is 5.63. The number of nitrogens with one attached hydrogen (secondary N) is 1. The molecule has 0 saturated carbocycles. The van der Waals surface area contributed by atoms with Crippen LogP contribution in [0.1, 0.15) is 11.1 Å². The zero-order chi connectivity index (χ0) is 13.7. The second kappa shape index (κ2) is 6.14. The van der Waals surface area contributed by atoms with E-state index in [9.17, 15) is 0 Å². The molecule has 3 N–H and O–H groups in total. The molecule has 0 aromatic heterocycles. The Bertz CT molecular complexity index is 535. The largest absolute Gasteiger partial charge is 0.492 e. The fraction of sp³-hybridized carbons (Fsp3) is 0.250. The number of anilines is 2. The molecule has 2 aromatic rings. The Balaban J connectivity index is 1.79. The molecule has 0 heterocycles. The molecule has 0 spiro atoms. The smallest absolute Gasteiger partial charge is 0.119 e. The van der Waals surface area contributed by atoms with Gasteiger partial charge in [0.1, 0.15) is 12.4 Å². The number of ether oxygens (including phenoxy) is 1. The summed E-state index contributed by atoms with van der Waals surface area (Å²) in [6.07, 6.45) is 0. The topological polar surface area (TPSA) is 47.3 Å². The Morgan fingerprint density at radius 1 is 1.05 bits per heavy atom.